The molecule has 120 valence electrons. The van der Waals surface area contributed by atoms with Crippen molar-refractivity contribution < 1.29 is 19.7 Å². The molecular weight excluding hydrogens is 282 g/mol. The van der Waals surface area contributed by atoms with E-state index in [2.05, 4.69) is 5.32 Å². The van der Waals surface area contributed by atoms with E-state index < -0.39 is 12.1 Å². The topological polar surface area (TPSA) is 78.8 Å². The number of aliphatic hydroxyl groups excluding tert-OH is 1. The van der Waals surface area contributed by atoms with Gasteiger partial charge in [-0.2, -0.15) is 0 Å². The number of carbonyl (C=O) groups is 1. The van der Waals surface area contributed by atoms with Crippen molar-refractivity contribution in [3.05, 3.63) is 29.3 Å². The highest BCUT2D eigenvalue weighted by Gasteiger charge is 2.33. The van der Waals surface area contributed by atoms with Gasteiger partial charge in [0.1, 0.15) is 18.5 Å². The fraction of sp³-hybridized carbons (Fsp3) is 0.588. The summed E-state index contributed by atoms with van der Waals surface area (Å²) in [5.41, 5.74) is 1.91. The van der Waals surface area contributed by atoms with E-state index in [4.69, 9.17) is 9.84 Å². The third-order valence-electron chi connectivity index (χ3n) is 4.76. The van der Waals surface area contributed by atoms with Crippen LogP contribution < -0.4 is 10.1 Å². The zero-order valence-electron chi connectivity index (χ0n) is 12.8. The average Bonchev–Trinajstić information content (AvgIpc) is 2.50. The number of aryl methyl sites for hydroxylation is 1. The molecule has 1 saturated carbocycles. The molecule has 1 fully saturated rings. The van der Waals surface area contributed by atoms with Crippen LogP contribution in [0.5, 0.6) is 5.75 Å². The Hall–Kier alpha value is -1.59. The number of nitrogens with one attached hydrogen (secondary N) is 1. The van der Waals surface area contributed by atoms with Gasteiger partial charge < -0.3 is 20.3 Å². The third-order valence-corrected chi connectivity index (χ3v) is 4.76. The fourth-order valence-electron chi connectivity index (χ4n) is 3.51. The Morgan fingerprint density at radius 2 is 2.18 bits per heavy atom. The Bertz CT molecular complexity index is 560. The Morgan fingerprint density at radius 3 is 2.95 bits per heavy atom. The maximum absolute atomic E-state index is 11.2. The first-order chi connectivity index (χ1) is 10.5. The fourth-order valence-corrected chi connectivity index (χ4v) is 3.51. The van der Waals surface area contributed by atoms with Crippen molar-refractivity contribution in [2.45, 2.75) is 50.8 Å². The smallest absolute Gasteiger partial charge is 0.306 e. The summed E-state index contributed by atoms with van der Waals surface area (Å²) in [4.78, 5) is 11.2. The number of carboxylic acid groups (broad SMARTS) is 1. The number of aliphatic hydroxyl groups is 1. The second kappa shape index (κ2) is 6.26. The number of benzene rings is 1. The molecule has 2 aliphatic rings. The lowest BCUT2D eigenvalue weighted by atomic mass is 9.85. The van der Waals surface area contributed by atoms with Crippen molar-refractivity contribution in [1.29, 1.82) is 0 Å². The van der Waals surface area contributed by atoms with Crippen molar-refractivity contribution >= 4 is 5.97 Å². The summed E-state index contributed by atoms with van der Waals surface area (Å²) in [7, 11) is 0. The Balaban J connectivity index is 1.66. The number of rotatable bonds is 3. The summed E-state index contributed by atoms with van der Waals surface area (Å²) in [5, 5.41) is 23.1. The highest BCUT2D eigenvalue weighted by atomic mass is 16.5. The first kappa shape index (κ1) is 15.3. The van der Waals surface area contributed by atoms with Crippen LogP contribution >= 0.6 is 0 Å². The Morgan fingerprint density at radius 1 is 1.36 bits per heavy atom. The molecule has 4 atom stereocenters. The number of carboxylic acids is 1. The lowest BCUT2D eigenvalue weighted by Crippen LogP contribution is -2.49. The average molecular weight is 305 g/mol. The van der Waals surface area contributed by atoms with Crippen LogP contribution in [0.4, 0.5) is 0 Å². The van der Waals surface area contributed by atoms with Crippen LogP contribution in [0.15, 0.2) is 18.2 Å². The molecule has 1 heterocycles. The minimum absolute atomic E-state index is 0.130. The lowest BCUT2D eigenvalue weighted by Gasteiger charge is -2.36. The molecule has 0 amide bonds. The SMILES string of the molecule is Cc1ccc2c(c1)OC[C@H](N[C@H]1CCC[C@@H](C(=O)O)C1)[C@@H]2O. The molecule has 3 rings (SSSR count). The number of fused-ring (bicyclic) bond motifs is 1. The summed E-state index contributed by atoms with van der Waals surface area (Å²) in [6.07, 6.45) is 2.62. The van der Waals surface area contributed by atoms with Gasteiger partial charge in [-0.3, -0.25) is 4.79 Å². The van der Waals surface area contributed by atoms with E-state index in [1.807, 2.05) is 25.1 Å². The second-order valence-electron chi connectivity index (χ2n) is 6.47. The molecule has 0 aromatic heterocycles. The standard InChI is InChI=1S/C17H23NO4/c1-10-5-6-13-15(7-10)22-9-14(16(13)19)18-12-4-2-3-11(8-12)17(20)21/h5-7,11-12,14,16,18-19H,2-4,8-9H2,1H3,(H,20,21)/t11-,12+,14+,16-/m1/s1. The molecule has 0 radical (unpaired) electrons. The number of hydrogen-bond acceptors (Lipinski definition) is 4. The molecule has 0 bridgehead atoms. The maximum atomic E-state index is 11.2. The minimum atomic E-state index is -0.715. The molecule has 5 nitrogen and oxygen atoms in total. The molecular formula is C17H23NO4. The largest absolute Gasteiger partial charge is 0.491 e. The van der Waals surface area contributed by atoms with Crippen LogP contribution in [-0.4, -0.2) is 34.9 Å². The summed E-state index contributed by atoms with van der Waals surface area (Å²) in [6.45, 7) is 2.40. The summed E-state index contributed by atoms with van der Waals surface area (Å²) < 4.78 is 5.76. The number of hydrogen-bond donors (Lipinski definition) is 3. The molecule has 1 aromatic rings. The van der Waals surface area contributed by atoms with Crippen LogP contribution in [0.2, 0.25) is 0 Å². The van der Waals surface area contributed by atoms with Crippen LogP contribution in [0.3, 0.4) is 0 Å². The predicted molar refractivity (Wildman–Crippen MR) is 81.9 cm³/mol. The summed E-state index contributed by atoms with van der Waals surface area (Å²) in [6, 6.07) is 5.76. The van der Waals surface area contributed by atoms with Gasteiger partial charge in [-0.15, -0.1) is 0 Å². The first-order valence-corrected chi connectivity index (χ1v) is 7.95. The lowest BCUT2D eigenvalue weighted by molar-refractivity contribution is -0.143. The van der Waals surface area contributed by atoms with Gasteiger partial charge in [-0.05, 0) is 37.8 Å². The van der Waals surface area contributed by atoms with E-state index in [1.165, 1.54) is 0 Å². The van der Waals surface area contributed by atoms with Crippen molar-refractivity contribution in [2.75, 3.05) is 6.61 Å². The van der Waals surface area contributed by atoms with Crippen LogP contribution in [0.1, 0.15) is 42.9 Å². The van der Waals surface area contributed by atoms with Gasteiger partial charge in [-0.1, -0.05) is 18.6 Å². The van der Waals surface area contributed by atoms with Gasteiger partial charge in [0, 0.05) is 11.6 Å². The molecule has 0 saturated heterocycles. The van der Waals surface area contributed by atoms with Crippen LogP contribution in [0, 0.1) is 12.8 Å². The second-order valence-corrected chi connectivity index (χ2v) is 6.47. The van der Waals surface area contributed by atoms with E-state index in [0.29, 0.717) is 13.0 Å². The predicted octanol–water partition coefficient (Wildman–Crippen LogP) is 2.02. The van der Waals surface area contributed by atoms with Gasteiger partial charge in [0.05, 0.1) is 12.0 Å². The van der Waals surface area contributed by atoms with Crippen LogP contribution in [0.25, 0.3) is 0 Å². The van der Waals surface area contributed by atoms with E-state index >= 15 is 0 Å². The molecule has 22 heavy (non-hydrogen) atoms. The van der Waals surface area contributed by atoms with Gasteiger partial charge >= 0.3 is 5.97 Å². The molecule has 0 spiro atoms. The van der Waals surface area contributed by atoms with Crippen molar-refractivity contribution in [1.82, 2.24) is 5.32 Å². The summed E-state index contributed by atoms with van der Waals surface area (Å²) in [5.74, 6) is -0.242. The molecule has 3 N–H and O–H groups in total. The van der Waals surface area contributed by atoms with Gasteiger partial charge in [0.2, 0.25) is 0 Å². The Labute approximate surface area is 130 Å². The third kappa shape index (κ3) is 3.10. The summed E-state index contributed by atoms with van der Waals surface area (Å²) >= 11 is 0. The number of ether oxygens (including phenoxy) is 1. The zero-order valence-corrected chi connectivity index (χ0v) is 12.8. The zero-order chi connectivity index (χ0) is 15.7. The van der Waals surface area contributed by atoms with Gasteiger partial charge in [-0.25, -0.2) is 0 Å². The highest BCUT2D eigenvalue weighted by molar-refractivity contribution is 5.70. The molecule has 5 heteroatoms. The molecule has 0 unspecified atom stereocenters. The van der Waals surface area contributed by atoms with Crippen molar-refractivity contribution in [3.8, 4) is 5.75 Å². The van der Waals surface area contributed by atoms with Crippen LogP contribution in [-0.2, 0) is 4.79 Å². The van der Waals surface area contributed by atoms with Gasteiger partial charge in [0.15, 0.2) is 0 Å². The quantitative estimate of drug-likeness (QED) is 0.796. The highest BCUT2D eigenvalue weighted by Crippen LogP contribution is 2.34. The van der Waals surface area contributed by atoms with E-state index in [1.54, 1.807) is 0 Å². The normalized spacial score (nSPS) is 31.2. The minimum Gasteiger partial charge on any atom is -0.491 e. The van der Waals surface area contributed by atoms with E-state index in [9.17, 15) is 9.90 Å². The number of aliphatic carboxylic acids is 1. The Kier molecular flexibility index (Phi) is 4.36. The van der Waals surface area contributed by atoms with Gasteiger partial charge in [0.25, 0.3) is 0 Å². The van der Waals surface area contributed by atoms with E-state index in [-0.39, 0.29) is 18.0 Å². The van der Waals surface area contributed by atoms with E-state index in [0.717, 1.165) is 36.1 Å². The van der Waals surface area contributed by atoms with Crippen molar-refractivity contribution in [3.63, 3.8) is 0 Å². The first-order valence-electron chi connectivity index (χ1n) is 7.95. The monoisotopic (exact) mass is 305 g/mol. The van der Waals surface area contributed by atoms with Crippen molar-refractivity contribution in [2.24, 2.45) is 5.92 Å². The molecule has 1 aliphatic heterocycles. The molecule has 1 aliphatic carbocycles. The maximum Gasteiger partial charge on any atom is 0.306 e. The molecule has 1 aromatic carbocycles.